The van der Waals surface area contributed by atoms with Gasteiger partial charge in [-0.1, -0.05) is 40.2 Å². The molecule has 0 unspecified atom stereocenters. The Morgan fingerprint density at radius 3 is 2.61 bits per heavy atom. The van der Waals surface area contributed by atoms with E-state index in [2.05, 4.69) is 73.8 Å². The van der Waals surface area contributed by atoms with E-state index < -0.39 is 0 Å². The molecule has 0 aliphatic rings. The minimum Gasteiger partial charge on any atom is -1.00 e. The van der Waals surface area contributed by atoms with Crippen molar-refractivity contribution < 1.29 is 21.4 Å². The number of benzene rings is 1. The molecule has 0 aliphatic carbocycles. The van der Waals surface area contributed by atoms with Crippen LogP contribution < -0.4 is 21.4 Å². The molecular weight excluding hydrogens is 356 g/mol. The summed E-state index contributed by atoms with van der Waals surface area (Å²) in [6.07, 6.45) is 6.24. The highest BCUT2D eigenvalue weighted by Crippen LogP contribution is 2.17. The molecule has 2 heterocycles. The average molecular weight is 368 g/mol. The number of nitrogens with zero attached hydrogens (tertiary/aromatic N) is 2. The van der Waals surface area contributed by atoms with Crippen LogP contribution in [0.3, 0.4) is 0 Å². The van der Waals surface area contributed by atoms with E-state index in [1.54, 1.807) is 0 Å². The lowest BCUT2D eigenvalue weighted by Crippen LogP contribution is -3.00. The van der Waals surface area contributed by atoms with Gasteiger partial charge in [0.15, 0.2) is 0 Å². The van der Waals surface area contributed by atoms with Crippen LogP contribution >= 0.6 is 15.9 Å². The SMILES string of the molecule is Brc1ccccc1Cn1cc[n+]2ccccc12.[Br-]. The van der Waals surface area contributed by atoms with Crippen LogP contribution in [0, 0.1) is 0 Å². The van der Waals surface area contributed by atoms with Gasteiger partial charge in [-0.2, -0.15) is 0 Å². The molecule has 0 radical (unpaired) electrons. The highest BCUT2D eigenvalue weighted by atomic mass is 79.9. The van der Waals surface area contributed by atoms with Crippen molar-refractivity contribution in [2.24, 2.45) is 0 Å². The molecule has 0 bridgehead atoms. The first kappa shape index (κ1) is 13.3. The van der Waals surface area contributed by atoms with Gasteiger partial charge in [0.25, 0.3) is 5.65 Å². The Balaban J connectivity index is 0.00000120. The van der Waals surface area contributed by atoms with Gasteiger partial charge in [0.05, 0.1) is 6.20 Å². The van der Waals surface area contributed by atoms with Crippen molar-refractivity contribution in [3.8, 4) is 0 Å². The van der Waals surface area contributed by atoms with Crippen molar-refractivity contribution in [1.29, 1.82) is 0 Å². The number of fused-ring (bicyclic) bond motifs is 1. The molecule has 0 amide bonds. The Kier molecular flexibility index (Phi) is 4.19. The van der Waals surface area contributed by atoms with Crippen LogP contribution in [0.2, 0.25) is 0 Å². The van der Waals surface area contributed by atoms with E-state index in [4.69, 9.17) is 0 Å². The number of pyridine rings is 1. The molecule has 0 saturated carbocycles. The lowest BCUT2D eigenvalue weighted by molar-refractivity contribution is -0.510. The van der Waals surface area contributed by atoms with Crippen LogP contribution in [-0.2, 0) is 6.54 Å². The molecule has 0 saturated heterocycles. The van der Waals surface area contributed by atoms with E-state index in [-0.39, 0.29) is 17.0 Å². The maximum Gasteiger partial charge on any atom is 0.286 e. The molecule has 0 aliphatic heterocycles. The molecule has 0 spiro atoms. The summed E-state index contributed by atoms with van der Waals surface area (Å²) < 4.78 is 5.51. The molecule has 0 N–H and O–H groups in total. The summed E-state index contributed by atoms with van der Waals surface area (Å²) in [7, 11) is 0. The van der Waals surface area contributed by atoms with Crippen LogP contribution in [0.25, 0.3) is 5.65 Å². The summed E-state index contributed by atoms with van der Waals surface area (Å²) in [5, 5.41) is 0. The Morgan fingerprint density at radius 1 is 1.00 bits per heavy atom. The fraction of sp³-hybridized carbons (Fsp3) is 0.0714. The highest BCUT2D eigenvalue weighted by molar-refractivity contribution is 9.10. The standard InChI is InChI=1S/C14H12BrN2.BrH/c15-13-6-2-1-5-12(13)11-17-10-9-16-8-4-3-7-14(16)17;/h1-10H,11H2;1H/q+1;/p-1. The molecular formula is C14H12Br2N2. The van der Waals surface area contributed by atoms with Gasteiger partial charge in [0, 0.05) is 16.1 Å². The second-order valence-corrected chi connectivity index (χ2v) is 4.84. The first-order valence-electron chi connectivity index (χ1n) is 5.53. The quantitative estimate of drug-likeness (QED) is 0.566. The fourth-order valence-corrected chi connectivity index (χ4v) is 2.40. The van der Waals surface area contributed by atoms with Crippen molar-refractivity contribution in [2.45, 2.75) is 6.54 Å². The van der Waals surface area contributed by atoms with Crippen LogP contribution in [-0.4, -0.2) is 4.57 Å². The number of hydrogen-bond acceptors (Lipinski definition) is 0. The molecule has 0 atom stereocenters. The molecule has 18 heavy (non-hydrogen) atoms. The van der Waals surface area contributed by atoms with Crippen molar-refractivity contribution in [1.82, 2.24) is 4.57 Å². The van der Waals surface area contributed by atoms with Crippen molar-refractivity contribution in [3.63, 3.8) is 0 Å². The predicted molar refractivity (Wildman–Crippen MR) is 70.8 cm³/mol. The number of halogens is 2. The predicted octanol–water partition coefficient (Wildman–Crippen LogP) is 0.0416. The summed E-state index contributed by atoms with van der Waals surface area (Å²) in [6.45, 7) is 0.877. The molecule has 2 nitrogen and oxygen atoms in total. The van der Waals surface area contributed by atoms with Crippen LogP contribution in [0.15, 0.2) is 65.5 Å². The summed E-state index contributed by atoms with van der Waals surface area (Å²) in [4.78, 5) is 0. The second-order valence-electron chi connectivity index (χ2n) is 3.98. The van der Waals surface area contributed by atoms with E-state index in [9.17, 15) is 0 Å². The molecule has 1 aromatic carbocycles. The lowest BCUT2D eigenvalue weighted by atomic mass is 10.2. The highest BCUT2D eigenvalue weighted by Gasteiger charge is 2.09. The second kappa shape index (κ2) is 5.67. The average Bonchev–Trinajstić information content (AvgIpc) is 2.76. The van der Waals surface area contributed by atoms with Crippen LogP contribution in [0.1, 0.15) is 5.56 Å². The molecule has 92 valence electrons. The molecule has 0 fully saturated rings. The van der Waals surface area contributed by atoms with E-state index in [1.165, 1.54) is 11.2 Å². The van der Waals surface area contributed by atoms with Crippen LogP contribution in [0.4, 0.5) is 0 Å². The first-order chi connectivity index (χ1) is 8.34. The van der Waals surface area contributed by atoms with Gasteiger partial charge in [-0.05, 0) is 12.1 Å². The number of rotatable bonds is 2. The Hall–Kier alpha value is -1.13. The zero-order valence-corrected chi connectivity index (χ0v) is 12.8. The molecule has 3 rings (SSSR count). The van der Waals surface area contributed by atoms with Gasteiger partial charge in [-0.15, -0.1) is 0 Å². The Morgan fingerprint density at radius 2 is 1.78 bits per heavy atom. The topological polar surface area (TPSA) is 9.03 Å². The van der Waals surface area contributed by atoms with Crippen molar-refractivity contribution >= 4 is 21.6 Å². The van der Waals surface area contributed by atoms with Crippen molar-refractivity contribution in [2.75, 3.05) is 0 Å². The Bertz CT molecular complexity index is 661. The number of imidazole rings is 1. The zero-order chi connectivity index (χ0) is 11.7. The smallest absolute Gasteiger partial charge is 0.286 e. The number of hydrogen-bond donors (Lipinski definition) is 0. The minimum absolute atomic E-state index is 0. The van der Waals surface area contributed by atoms with Gasteiger partial charge >= 0.3 is 0 Å². The molecule has 3 aromatic rings. The van der Waals surface area contributed by atoms with Crippen LogP contribution in [0.5, 0.6) is 0 Å². The lowest BCUT2D eigenvalue weighted by Gasteiger charge is -2.01. The van der Waals surface area contributed by atoms with E-state index in [0.29, 0.717) is 0 Å². The normalized spacial score (nSPS) is 10.3. The summed E-state index contributed by atoms with van der Waals surface area (Å²) >= 11 is 3.59. The van der Waals surface area contributed by atoms with E-state index in [1.807, 2.05) is 12.1 Å². The maximum absolute atomic E-state index is 3.59. The zero-order valence-electron chi connectivity index (χ0n) is 9.63. The summed E-state index contributed by atoms with van der Waals surface area (Å²) in [5.41, 5.74) is 2.48. The third-order valence-electron chi connectivity index (χ3n) is 2.87. The van der Waals surface area contributed by atoms with Gasteiger partial charge < -0.3 is 17.0 Å². The minimum atomic E-state index is 0. The molecule has 2 aromatic heterocycles. The van der Waals surface area contributed by atoms with Gasteiger partial charge in [0.2, 0.25) is 0 Å². The largest absolute Gasteiger partial charge is 1.00 e. The van der Waals surface area contributed by atoms with E-state index >= 15 is 0 Å². The monoisotopic (exact) mass is 366 g/mol. The first-order valence-corrected chi connectivity index (χ1v) is 6.32. The summed E-state index contributed by atoms with van der Waals surface area (Å²) in [6, 6.07) is 14.5. The third kappa shape index (κ3) is 2.49. The Labute approximate surface area is 125 Å². The van der Waals surface area contributed by atoms with Gasteiger partial charge in [0.1, 0.15) is 18.9 Å². The van der Waals surface area contributed by atoms with Gasteiger partial charge in [-0.3, -0.25) is 0 Å². The molecule has 4 heteroatoms. The van der Waals surface area contributed by atoms with Gasteiger partial charge in [-0.25, -0.2) is 8.97 Å². The van der Waals surface area contributed by atoms with E-state index in [0.717, 1.165) is 11.0 Å². The third-order valence-corrected chi connectivity index (χ3v) is 3.64. The summed E-state index contributed by atoms with van der Waals surface area (Å²) in [5.74, 6) is 0. The fourth-order valence-electron chi connectivity index (χ4n) is 1.99. The maximum atomic E-state index is 3.59. The van der Waals surface area contributed by atoms with Crippen molar-refractivity contribution in [3.05, 3.63) is 71.1 Å². The number of aromatic nitrogens is 2.